The summed E-state index contributed by atoms with van der Waals surface area (Å²) in [6.45, 7) is 4.33. The molecule has 1 aromatic heterocycles. The molecular weight excluding hydrogens is 338 g/mol. The lowest BCUT2D eigenvalue weighted by atomic mass is 10.2. The Bertz CT molecular complexity index is 952. The number of rotatable bonds is 4. The van der Waals surface area contributed by atoms with Gasteiger partial charge in [-0.15, -0.1) is 0 Å². The Morgan fingerprint density at radius 2 is 2.12 bits per heavy atom. The minimum absolute atomic E-state index is 0.0365. The van der Waals surface area contributed by atoms with Crippen molar-refractivity contribution in [2.75, 3.05) is 13.7 Å². The number of carbonyl (C=O) groups excluding carboxylic acids is 2. The van der Waals surface area contributed by atoms with E-state index in [0.29, 0.717) is 12.1 Å². The first kappa shape index (κ1) is 17.3. The summed E-state index contributed by atoms with van der Waals surface area (Å²) in [6, 6.07) is 5.52. The topological polar surface area (TPSA) is 115 Å². The molecule has 134 valence electrons. The first-order valence-corrected chi connectivity index (χ1v) is 7.88. The molecule has 1 aromatic carbocycles. The van der Waals surface area contributed by atoms with Gasteiger partial charge in [-0.05, 0) is 32.0 Å². The van der Waals surface area contributed by atoms with E-state index < -0.39 is 11.9 Å². The second-order valence-corrected chi connectivity index (χ2v) is 5.34. The number of methoxy groups -OCH3 is 1. The fourth-order valence-electron chi connectivity index (χ4n) is 2.38. The van der Waals surface area contributed by atoms with Crippen LogP contribution >= 0.6 is 0 Å². The lowest BCUT2D eigenvalue weighted by Crippen LogP contribution is -2.24. The van der Waals surface area contributed by atoms with Gasteiger partial charge in [0.2, 0.25) is 5.96 Å². The molecule has 0 aliphatic carbocycles. The van der Waals surface area contributed by atoms with Crippen LogP contribution < -0.4 is 15.4 Å². The molecule has 1 saturated heterocycles. The second kappa shape index (κ2) is 7.18. The van der Waals surface area contributed by atoms with Crippen molar-refractivity contribution in [1.82, 2.24) is 20.6 Å². The number of aryl methyl sites for hydroxylation is 1. The van der Waals surface area contributed by atoms with E-state index in [1.54, 1.807) is 0 Å². The Hall–Kier alpha value is -3.49. The Labute approximate surface area is 149 Å². The quantitative estimate of drug-likeness (QED) is 0.623. The van der Waals surface area contributed by atoms with Crippen molar-refractivity contribution in [3.8, 4) is 5.75 Å². The Balaban J connectivity index is 1.90. The fourth-order valence-corrected chi connectivity index (χ4v) is 2.38. The number of nitrogens with zero attached hydrogens (tertiary/aromatic N) is 3. The summed E-state index contributed by atoms with van der Waals surface area (Å²) in [6.07, 6.45) is 1.04. The van der Waals surface area contributed by atoms with Crippen LogP contribution in [-0.4, -0.2) is 41.5 Å². The highest BCUT2D eigenvalue weighted by molar-refractivity contribution is 6.15. The second-order valence-electron chi connectivity index (χ2n) is 5.34. The van der Waals surface area contributed by atoms with Crippen LogP contribution in [0.1, 0.15) is 12.6 Å². The van der Waals surface area contributed by atoms with Crippen molar-refractivity contribution in [2.45, 2.75) is 13.8 Å². The standard InChI is InChI=1S/C17H17N5O4/c1-4-26-10-5-6-12-11(7-10)9(2)18-16(19-12)22-17-20-13(15(24)21-17)8-14(23)25-3/h5-8H,4H2,1-3H3,(H2,18,19,20,21,22,24)/b13-8+. The van der Waals surface area contributed by atoms with Crippen molar-refractivity contribution in [3.05, 3.63) is 35.7 Å². The molecule has 2 heterocycles. The SMILES string of the molecule is CCOc1ccc2nc(/N=C3\NC(=O)/C(=C\C(=O)OC)N3)nc(C)c2c1. The molecule has 1 aliphatic rings. The molecule has 1 amide bonds. The van der Waals surface area contributed by atoms with E-state index in [2.05, 4.69) is 30.3 Å². The summed E-state index contributed by atoms with van der Waals surface area (Å²) in [4.78, 5) is 36.0. The molecule has 26 heavy (non-hydrogen) atoms. The number of amides is 1. The fraction of sp³-hybridized carbons (Fsp3) is 0.235. The number of nitrogens with one attached hydrogen (secondary N) is 2. The van der Waals surface area contributed by atoms with Crippen molar-refractivity contribution in [3.63, 3.8) is 0 Å². The Kier molecular flexibility index (Phi) is 4.78. The lowest BCUT2D eigenvalue weighted by molar-refractivity contribution is -0.135. The van der Waals surface area contributed by atoms with E-state index in [1.807, 2.05) is 32.0 Å². The summed E-state index contributed by atoms with van der Waals surface area (Å²) in [5, 5.41) is 6.05. The van der Waals surface area contributed by atoms with E-state index in [4.69, 9.17) is 4.74 Å². The summed E-state index contributed by atoms with van der Waals surface area (Å²) in [5.74, 6) is -0.0796. The zero-order valence-electron chi connectivity index (χ0n) is 14.5. The molecule has 2 N–H and O–H groups in total. The van der Waals surface area contributed by atoms with Crippen LogP contribution in [0.25, 0.3) is 10.9 Å². The third kappa shape index (κ3) is 3.61. The highest BCUT2D eigenvalue weighted by Gasteiger charge is 2.23. The monoisotopic (exact) mass is 355 g/mol. The van der Waals surface area contributed by atoms with Gasteiger partial charge in [0.25, 0.3) is 11.9 Å². The van der Waals surface area contributed by atoms with E-state index in [9.17, 15) is 9.59 Å². The highest BCUT2D eigenvalue weighted by Crippen LogP contribution is 2.23. The molecular formula is C17H17N5O4. The molecule has 0 spiro atoms. The number of esters is 1. The van der Waals surface area contributed by atoms with E-state index in [1.165, 1.54) is 7.11 Å². The molecule has 0 unspecified atom stereocenters. The number of guanidine groups is 1. The van der Waals surface area contributed by atoms with Crippen LogP contribution in [0.5, 0.6) is 5.75 Å². The van der Waals surface area contributed by atoms with Gasteiger partial charge in [-0.1, -0.05) is 0 Å². The van der Waals surface area contributed by atoms with Gasteiger partial charge in [0.1, 0.15) is 11.4 Å². The molecule has 9 heteroatoms. The van der Waals surface area contributed by atoms with Crippen LogP contribution in [0, 0.1) is 6.92 Å². The number of aliphatic imine (C=N–C) groups is 1. The van der Waals surface area contributed by atoms with Crippen molar-refractivity contribution in [2.24, 2.45) is 4.99 Å². The predicted molar refractivity (Wildman–Crippen MR) is 93.9 cm³/mol. The number of benzene rings is 1. The first-order chi connectivity index (χ1) is 12.5. The summed E-state index contributed by atoms with van der Waals surface area (Å²) in [7, 11) is 1.23. The predicted octanol–water partition coefficient (Wildman–Crippen LogP) is 1.10. The molecule has 1 aliphatic heterocycles. The van der Waals surface area contributed by atoms with Crippen molar-refractivity contribution in [1.29, 1.82) is 0 Å². The van der Waals surface area contributed by atoms with Crippen molar-refractivity contribution >= 4 is 34.7 Å². The van der Waals surface area contributed by atoms with Gasteiger partial charge in [-0.3, -0.25) is 10.1 Å². The van der Waals surface area contributed by atoms with Crippen LogP contribution in [0.3, 0.4) is 0 Å². The van der Waals surface area contributed by atoms with Gasteiger partial charge in [-0.2, -0.15) is 4.99 Å². The van der Waals surface area contributed by atoms with Crippen LogP contribution in [-0.2, 0) is 14.3 Å². The zero-order chi connectivity index (χ0) is 18.7. The van der Waals surface area contributed by atoms with Gasteiger partial charge in [0.05, 0.1) is 31.0 Å². The van der Waals surface area contributed by atoms with E-state index in [-0.39, 0.29) is 17.6 Å². The van der Waals surface area contributed by atoms with Crippen molar-refractivity contribution < 1.29 is 19.1 Å². The number of fused-ring (bicyclic) bond motifs is 1. The van der Waals surface area contributed by atoms with Crippen LogP contribution in [0.15, 0.2) is 35.0 Å². The molecule has 3 rings (SSSR count). The minimum atomic E-state index is -0.646. The summed E-state index contributed by atoms with van der Waals surface area (Å²) >= 11 is 0. The number of hydrogen-bond donors (Lipinski definition) is 2. The molecule has 0 atom stereocenters. The molecule has 9 nitrogen and oxygen atoms in total. The van der Waals surface area contributed by atoms with Gasteiger partial charge in [-0.25, -0.2) is 14.8 Å². The summed E-state index contributed by atoms with van der Waals surface area (Å²) in [5.41, 5.74) is 1.47. The maximum atomic E-state index is 11.8. The summed E-state index contributed by atoms with van der Waals surface area (Å²) < 4.78 is 9.98. The van der Waals surface area contributed by atoms with Crippen LogP contribution in [0.2, 0.25) is 0 Å². The number of aromatic nitrogens is 2. The lowest BCUT2D eigenvalue weighted by Gasteiger charge is -2.07. The minimum Gasteiger partial charge on any atom is -0.494 e. The smallest absolute Gasteiger partial charge is 0.332 e. The van der Waals surface area contributed by atoms with Gasteiger partial charge < -0.3 is 14.8 Å². The number of carbonyl (C=O) groups is 2. The largest absolute Gasteiger partial charge is 0.494 e. The van der Waals surface area contributed by atoms with Gasteiger partial charge in [0, 0.05) is 5.39 Å². The highest BCUT2D eigenvalue weighted by atomic mass is 16.5. The molecule has 0 saturated carbocycles. The molecule has 0 radical (unpaired) electrons. The number of hydrogen-bond acceptors (Lipinski definition) is 7. The maximum absolute atomic E-state index is 11.8. The van der Waals surface area contributed by atoms with Crippen LogP contribution in [0.4, 0.5) is 5.95 Å². The maximum Gasteiger partial charge on any atom is 0.332 e. The third-order valence-electron chi connectivity index (χ3n) is 3.56. The Morgan fingerprint density at radius 3 is 2.85 bits per heavy atom. The average Bonchev–Trinajstić information content (AvgIpc) is 2.94. The molecule has 1 fully saturated rings. The van der Waals surface area contributed by atoms with E-state index in [0.717, 1.165) is 22.9 Å². The first-order valence-electron chi connectivity index (χ1n) is 7.88. The third-order valence-corrected chi connectivity index (χ3v) is 3.56. The van der Waals surface area contributed by atoms with Gasteiger partial charge >= 0.3 is 5.97 Å². The Morgan fingerprint density at radius 1 is 1.31 bits per heavy atom. The van der Waals surface area contributed by atoms with E-state index >= 15 is 0 Å². The normalized spacial score (nSPS) is 16.7. The molecule has 2 aromatic rings. The molecule has 0 bridgehead atoms. The van der Waals surface area contributed by atoms with Gasteiger partial charge in [0.15, 0.2) is 0 Å². The zero-order valence-corrected chi connectivity index (χ0v) is 14.5. The average molecular weight is 355 g/mol. The number of ether oxygens (including phenoxy) is 2.